The highest BCUT2D eigenvalue weighted by molar-refractivity contribution is 6.41. The molecule has 33 heavy (non-hydrogen) atoms. The van der Waals surface area contributed by atoms with E-state index < -0.39 is 24.9 Å². The molecule has 0 aromatic heterocycles. The Morgan fingerprint density at radius 3 is 2.55 bits per heavy atom. The van der Waals surface area contributed by atoms with Crippen LogP contribution < -0.4 is 10.1 Å². The molecule has 0 bridgehead atoms. The van der Waals surface area contributed by atoms with Crippen LogP contribution in [0.4, 0.5) is 4.39 Å². The van der Waals surface area contributed by atoms with E-state index in [1.54, 1.807) is 30.3 Å². The van der Waals surface area contributed by atoms with Gasteiger partial charge in [0.1, 0.15) is 23.2 Å². The van der Waals surface area contributed by atoms with Crippen LogP contribution in [0.3, 0.4) is 0 Å². The number of amides is 2. The Kier molecular flexibility index (Phi) is 9.60. The molecule has 0 unspecified atom stereocenters. The van der Waals surface area contributed by atoms with Gasteiger partial charge in [0.05, 0.1) is 19.1 Å². The quantitative estimate of drug-likeness (QED) is 0.287. The van der Waals surface area contributed by atoms with Crippen LogP contribution in [0.2, 0.25) is 6.32 Å². The SMILES string of the molecule is CN(C)C(=O)C(C#N)=Cc1cc(OCCC(=O)N[C@@H](CB(O)O)c2ccccc2)ccc1F. The lowest BCUT2D eigenvalue weighted by Crippen LogP contribution is -2.32. The van der Waals surface area contributed by atoms with Gasteiger partial charge in [0, 0.05) is 26.0 Å². The summed E-state index contributed by atoms with van der Waals surface area (Å²) in [6, 6.07) is 13.9. The van der Waals surface area contributed by atoms with E-state index in [1.165, 1.54) is 31.1 Å². The Morgan fingerprint density at radius 1 is 1.24 bits per heavy atom. The number of nitriles is 1. The average Bonchev–Trinajstić information content (AvgIpc) is 2.78. The van der Waals surface area contributed by atoms with E-state index in [9.17, 15) is 29.3 Å². The second-order valence-electron chi connectivity index (χ2n) is 7.40. The Hall–Kier alpha value is -3.68. The summed E-state index contributed by atoms with van der Waals surface area (Å²) in [7, 11) is 1.38. The molecule has 0 radical (unpaired) electrons. The van der Waals surface area contributed by atoms with E-state index >= 15 is 0 Å². The van der Waals surface area contributed by atoms with Crippen LogP contribution in [0.5, 0.6) is 5.75 Å². The van der Waals surface area contributed by atoms with Crippen LogP contribution in [-0.2, 0) is 9.59 Å². The summed E-state index contributed by atoms with van der Waals surface area (Å²) in [5.74, 6) is -1.29. The smallest absolute Gasteiger partial charge is 0.453 e. The van der Waals surface area contributed by atoms with Crippen molar-refractivity contribution in [1.29, 1.82) is 5.26 Å². The summed E-state index contributed by atoms with van der Waals surface area (Å²) >= 11 is 0. The molecule has 3 N–H and O–H groups in total. The molecule has 8 nitrogen and oxygen atoms in total. The highest BCUT2D eigenvalue weighted by Crippen LogP contribution is 2.21. The molecule has 0 saturated heterocycles. The number of ether oxygens (including phenoxy) is 1. The maximum Gasteiger partial charge on any atom is 0.453 e. The van der Waals surface area contributed by atoms with Crippen molar-refractivity contribution in [3.63, 3.8) is 0 Å². The van der Waals surface area contributed by atoms with Gasteiger partial charge in [0.25, 0.3) is 5.91 Å². The minimum atomic E-state index is -1.59. The van der Waals surface area contributed by atoms with E-state index in [-0.39, 0.29) is 42.1 Å². The first-order chi connectivity index (χ1) is 15.7. The Labute approximate surface area is 192 Å². The molecule has 0 spiro atoms. The van der Waals surface area contributed by atoms with E-state index in [2.05, 4.69) is 5.32 Å². The average molecular weight is 453 g/mol. The van der Waals surface area contributed by atoms with Crippen molar-refractivity contribution in [3.05, 3.63) is 71.0 Å². The van der Waals surface area contributed by atoms with Crippen molar-refractivity contribution in [2.75, 3.05) is 20.7 Å². The predicted octanol–water partition coefficient (Wildman–Crippen LogP) is 1.92. The van der Waals surface area contributed by atoms with Gasteiger partial charge in [-0.2, -0.15) is 5.26 Å². The van der Waals surface area contributed by atoms with E-state index in [1.807, 2.05) is 6.07 Å². The molecule has 0 aliphatic heterocycles. The molecule has 172 valence electrons. The number of nitrogens with one attached hydrogen (secondary N) is 1. The van der Waals surface area contributed by atoms with Gasteiger partial charge in [0.15, 0.2) is 0 Å². The lowest BCUT2D eigenvalue weighted by atomic mass is 9.79. The minimum absolute atomic E-state index is 0.00442. The van der Waals surface area contributed by atoms with Gasteiger partial charge < -0.3 is 25.0 Å². The molecule has 0 aliphatic rings. The number of carbonyl (C=O) groups excluding carboxylic acids is 2. The Bertz CT molecular complexity index is 1040. The van der Waals surface area contributed by atoms with Crippen LogP contribution in [-0.4, -0.2) is 54.6 Å². The van der Waals surface area contributed by atoms with Crippen molar-refractivity contribution < 1.29 is 28.8 Å². The van der Waals surface area contributed by atoms with Crippen LogP contribution in [0.1, 0.15) is 23.6 Å². The van der Waals surface area contributed by atoms with Crippen LogP contribution in [0, 0.1) is 17.1 Å². The van der Waals surface area contributed by atoms with Crippen LogP contribution in [0.15, 0.2) is 54.1 Å². The molecule has 0 saturated carbocycles. The Morgan fingerprint density at radius 2 is 1.94 bits per heavy atom. The molecule has 2 amide bonds. The summed E-state index contributed by atoms with van der Waals surface area (Å²) in [6.45, 7) is -0.0223. The molecule has 2 aromatic rings. The number of rotatable bonds is 10. The van der Waals surface area contributed by atoms with E-state index in [0.29, 0.717) is 0 Å². The molecule has 2 aromatic carbocycles. The topological polar surface area (TPSA) is 123 Å². The van der Waals surface area contributed by atoms with Gasteiger partial charge in [-0.25, -0.2) is 4.39 Å². The maximum atomic E-state index is 14.2. The summed E-state index contributed by atoms with van der Waals surface area (Å²) < 4.78 is 19.7. The zero-order valence-electron chi connectivity index (χ0n) is 18.4. The standard InChI is InChI=1S/C23H25BFN3O5/c1-28(2)23(30)18(15-26)12-17-13-19(8-9-20(17)25)33-11-10-22(29)27-21(14-24(31)32)16-6-4-3-5-7-16/h3-9,12-13,21,31-32H,10-11,14H2,1-2H3,(H,27,29)/t21-/m0/s1. The van der Waals surface area contributed by atoms with Gasteiger partial charge in [-0.15, -0.1) is 0 Å². The van der Waals surface area contributed by atoms with E-state index in [4.69, 9.17) is 4.74 Å². The fraction of sp³-hybridized carbons (Fsp3) is 0.261. The number of likely N-dealkylation sites (N-methyl/N-ethyl adjacent to an activating group) is 1. The first-order valence-electron chi connectivity index (χ1n) is 10.2. The highest BCUT2D eigenvalue weighted by atomic mass is 19.1. The second-order valence-corrected chi connectivity index (χ2v) is 7.40. The summed E-state index contributed by atoms with van der Waals surface area (Å²) in [4.78, 5) is 25.5. The van der Waals surface area contributed by atoms with Gasteiger partial charge in [-0.1, -0.05) is 30.3 Å². The zero-order chi connectivity index (χ0) is 24.4. The molecule has 1 atom stereocenters. The second kappa shape index (κ2) is 12.4. The van der Waals surface area contributed by atoms with Crippen LogP contribution in [0.25, 0.3) is 6.08 Å². The van der Waals surface area contributed by atoms with Crippen LogP contribution >= 0.6 is 0 Å². The highest BCUT2D eigenvalue weighted by Gasteiger charge is 2.21. The number of hydrogen-bond acceptors (Lipinski definition) is 6. The summed E-state index contributed by atoms with van der Waals surface area (Å²) in [6.07, 6.45) is 1.04. The van der Waals surface area contributed by atoms with Gasteiger partial charge in [-0.3, -0.25) is 9.59 Å². The molecule has 0 aliphatic carbocycles. The van der Waals surface area contributed by atoms with Gasteiger partial charge in [0.2, 0.25) is 5.91 Å². The number of hydrogen-bond donors (Lipinski definition) is 3. The van der Waals surface area contributed by atoms with E-state index in [0.717, 1.165) is 17.7 Å². The third-order valence-corrected chi connectivity index (χ3v) is 4.61. The van der Waals surface area contributed by atoms with Crippen molar-refractivity contribution in [2.24, 2.45) is 0 Å². The van der Waals surface area contributed by atoms with Gasteiger partial charge >= 0.3 is 7.12 Å². The lowest BCUT2D eigenvalue weighted by molar-refractivity contribution is -0.124. The number of nitrogens with zero attached hydrogens (tertiary/aromatic N) is 2. The minimum Gasteiger partial charge on any atom is -0.493 e. The molecular formula is C23H25BFN3O5. The number of halogens is 1. The normalized spacial score (nSPS) is 11.8. The number of benzene rings is 2. The zero-order valence-corrected chi connectivity index (χ0v) is 18.4. The molecule has 2 rings (SSSR count). The fourth-order valence-electron chi connectivity index (χ4n) is 2.96. The largest absolute Gasteiger partial charge is 0.493 e. The van der Waals surface area contributed by atoms with Gasteiger partial charge in [-0.05, 0) is 29.8 Å². The molecule has 10 heteroatoms. The summed E-state index contributed by atoms with van der Waals surface area (Å²) in [5.41, 5.74) is 0.508. The molecule has 0 fully saturated rings. The third kappa shape index (κ3) is 8.07. The fourth-order valence-corrected chi connectivity index (χ4v) is 2.96. The molecule has 0 heterocycles. The Balaban J connectivity index is 2.01. The monoisotopic (exact) mass is 453 g/mol. The lowest BCUT2D eigenvalue weighted by Gasteiger charge is -2.19. The predicted molar refractivity (Wildman–Crippen MR) is 121 cm³/mol. The van der Waals surface area contributed by atoms with Crippen molar-refractivity contribution in [1.82, 2.24) is 10.2 Å². The van der Waals surface area contributed by atoms with Crippen molar-refractivity contribution in [2.45, 2.75) is 18.8 Å². The molecular weight excluding hydrogens is 428 g/mol. The first kappa shape index (κ1) is 25.6. The van der Waals surface area contributed by atoms with Crippen molar-refractivity contribution >= 4 is 25.0 Å². The number of carbonyl (C=O) groups is 2. The maximum absolute atomic E-state index is 14.2. The summed E-state index contributed by atoms with van der Waals surface area (Å²) in [5, 5.41) is 30.6. The first-order valence-corrected chi connectivity index (χ1v) is 10.2. The van der Waals surface area contributed by atoms with Crippen molar-refractivity contribution in [3.8, 4) is 11.8 Å². The third-order valence-electron chi connectivity index (χ3n) is 4.61.